The van der Waals surface area contributed by atoms with Gasteiger partial charge < -0.3 is 4.74 Å². The van der Waals surface area contributed by atoms with Gasteiger partial charge in [-0.1, -0.05) is 61.4 Å². The molecule has 2 aromatic carbocycles. The third kappa shape index (κ3) is 3.30. The van der Waals surface area contributed by atoms with Crippen LogP contribution in [0.2, 0.25) is 0 Å². The van der Waals surface area contributed by atoms with Gasteiger partial charge in [0.15, 0.2) is 0 Å². The second-order valence-corrected chi connectivity index (χ2v) is 5.00. The lowest BCUT2D eigenvalue weighted by atomic mass is 9.92. The van der Waals surface area contributed by atoms with Crippen LogP contribution in [-0.4, -0.2) is 7.11 Å². The lowest BCUT2D eigenvalue weighted by Crippen LogP contribution is -1.93. The van der Waals surface area contributed by atoms with Gasteiger partial charge >= 0.3 is 0 Å². The first kappa shape index (κ1) is 14.4. The smallest absolute Gasteiger partial charge is 0.118 e. The SMILES string of the molecule is CCC/C(C)=C(\c1ccccc1)c1ccc(OC)cc1. The van der Waals surface area contributed by atoms with Crippen LogP contribution in [0.25, 0.3) is 5.57 Å². The monoisotopic (exact) mass is 266 g/mol. The van der Waals surface area contributed by atoms with E-state index < -0.39 is 0 Å². The van der Waals surface area contributed by atoms with Crippen LogP contribution in [0, 0.1) is 0 Å². The summed E-state index contributed by atoms with van der Waals surface area (Å²) in [6, 6.07) is 18.9. The van der Waals surface area contributed by atoms with Crippen LogP contribution in [0.5, 0.6) is 5.75 Å². The van der Waals surface area contributed by atoms with Crippen LogP contribution in [0.4, 0.5) is 0 Å². The molecule has 0 fully saturated rings. The highest BCUT2D eigenvalue weighted by molar-refractivity contribution is 5.82. The third-order valence-electron chi connectivity index (χ3n) is 3.49. The van der Waals surface area contributed by atoms with E-state index in [9.17, 15) is 0 Å². The van der Waals surface area contributed by atoms with E-state index in [1.165, 1.54) is 28.7 Å². The van der Waals surface area contributed by atoms with Gasteiger partial charge in [0.1, 0.15) is 5.75 Å². The van der Waals surface area contributed by atoms with Crippen molar-refractivity contribution >= 4 is 5.57 Å². The number of rotatable bonds is 5. The van der Waals surface area contributed by atoms with Gasteiger partial charge in [-0.3, -0.25) is 0 Å². The highest BCUT2D eigenvalue weighted by Crippen LogP contribution is 2.29. The second kappa shape index (κ2) is 6.95. The summed E-state index contributed by atoms with van der Waals surface area (Å²) in [6.45, 7) is 4.45. The van der Waals surface area contributed by atoms with Gasteiger partial charge in [-0.25, -0.2) is 0 Å². The predicted molar refractivity (Wildman–Crippen MR) is 86.0 cm³/mol. The molecular weight excluding hydrogens is 244 g/mol. The fourth-order valence-electron chi connectivity index (χ4n) is 2.52. The van der Waals surface area contributed by atoms with Crippen molar-refractivity contribution in [2.45, 2.75) is 26.7 Å². The van der Waals surface area contributed by atoms with Crippen LogP contribution in [0.15, 0.2) is 60.2 Å². The molecule has 0 saturated heterocycles. The molecule has 0 saturated carbocycles. The van der Waals surface area contributed by atoms with E-state index in [0.717, 1.165) is 12.2 Å². The van der Waals surface area contributed by atoms with E-state index in [0.29, 0.717) is 0 Å². The molecule has 0 atom stereocenters. The summed E-state index contributed by atoms with van der Waals surface area (Å²) in [5, 5.41) is 0. The summed E-state index contributed by atoms with van der Waals surface area (Å²) in [5.41, 5.74) is 5.31. The van der Waals surface area contributed by atoms with E-state index in [1.807, 2.05) is 12.1 Å². The van der Waals surface area contributed by atoms with Crippen molar-refractivity contribution in [3.05, 3.63) is 71.3 Å². The van der Waals surface area contributed by atoms with Gasteiger partial charge in [-0.15, -0.1) is 0 Å². The Morgan fingerprint density at radius 3 is 2.05 bits per heavy atom. The Morgan fingerprint density at radius 2 is 1.50 bits per heavy atom. The van der Waals surface area contributed by atoms with Crippen LogP contribution in [0.3, 0.4) is 0 Å². The summed E-state index contributed by atoms with van der Waals surface area (Å²) < 4.78 is 5.25. The molecule has 0 N–H and O–H groups in total. The first-order chi connectivity index (χ1) is 9.76. The molecule has 20 heavy (non-hydrogen) atoms. The van der Waals surface area contributed by atoms with Crippen molar-refractivity contribution < 1.29 is 4.74 Å². The summed E-state index contributed by atoms with van der Waals surface area (Å²) >= 11 is 0. The highest BCUT2D eigenvalue weighted by Gasteiger charge is 2.08. The van der Waals surface area contributed by atoms with Gasteiger partial charge in [0.05, 0.1) is 7.11 Å². The molecule has 0 amide bonds. The minimum Gasteiger partial charge on any atom is -0.497 e. The average Bonchev–Trinajstić information content (AvgIpc) is 2.50. The van der Waals surface area contributed by atoms with Crippen LogP contribution >= 0.6 is 0 Å². The number of hydrogen-bond donors (Lipinski definition) is 0. The topological polar surface area (TPSA) is 9.23 Å². The number of methoxy groups -OCH3 is 1. The molecule has 2 aromatic rings. The maximum atomic E-state index is 5.25. The number of ether oxygens (including phenoxy) is 1. The first-order valence-electron chi connectivity index (χ1n) is 7.16. The Balaban J connectivity index is 2.49. The Bertz CT molecular complexity index is 564. The molecule has 1 nitrogen and oxygen atoms in total. The standard InChI is InChI=1S/C19H22O/c1-4-8-15(2)19(16-9-6-5-7-10-16)17-11-13-18(20-3)14-12-17/h5-7,9-14H,4,8H2,1-3H3/b19-15+. The fraction of sp³-hybridized carbons (Fsp3) is 0.263. The van der Waals surface area contributed by atoms with Crippen LogP contribution in [0.1, 0.15) is 37.8 Å². The largest absolute Gasteiger partial charge is 0.497 e. The molecular formula is C19H22O. The van der Waals surface area contributed by atoms with Crippen molar-refractivity contribution in [3.8, 4) is 5.75 Å². The van der Waals surface area contributed by atoms with Crippen LogP contribution in [-0.2, 0) is 0 Å². The fourth-order valence-corrected chi connectivity index (χ4v) is 2.52. The van der Waals surface area contributed by atoms with Gasteiger partial charge in [0.25, 0.3) is 0 Å². The maximum absolute atomic E-state index is 5.25. The summed E-state index contributed by atoms with van der Waals surface area (Å²) in [5.74, 6) is 0.898. The number of benzene rings is 2. The van der Waals surface area contributed by atoms with Gasteiger partial charge in [0, 0.05) is 0 Å². The van der Waals surface area contributed by atoms with Crippen molar-refractivity contribution in [1.29, 1.82) is 0 Å². The molecule has 0 radical (unpaired) electrons. The van der Waals surface area contributed by atoms with Crippen molar-refractivity contribution in [2.24, 2.45) is 0 Å². The van der Waals surface area contributed by atoms with E-state index >= 15 is 0 Å². The summed E-state index contributed by atoms with van der Waals surface area (Å²) in [6.07, 6.45) is 2.29. The second-order valence-electron chi connectivity index (χ2n) is 5.00. The lowest BCUT2D eigenvalue weighted by Gasteiger charge is -2.13. The Morgan fingerprint density at radius 1 is 0.900 bits per heavy atom. The minimum atomic E-state index is 0.898. The summed E-state index contributed by atoms with van der Waals surface area (Å²) in [4.78, 5) is 0. The zero-order valence-electron chi connectivity index (χ0n) is 12.5. The predicted octanol–water partition coefficient (Wildman–Crippen LogP) is 5.32. The quantitative estimate of drug-likeness (QED) is 0.712. The van der Waals surface area contributed by atoms with Crippen LogP contribution < -0.4 is 4.74 Å². The zero-order valence-corrected chi connectivity index (χ0v) is 12.5. The van der Waals surface area contributed by atoms with E-state index in [1.54, 1.807) is 7.11 Å². The Kier molecular flexibility index (Phi) is 5.00. The van der Waals surface area contributed by atoms with Crippen molar-refractivity contribution in [1.82, 2.24) is 0 Å². The van der Waals surface area contributed by atoms with Gasteiger partial charge in [-0.05, 0) is 42.2 Å². The molecule has 1 heteroatoms. The summed E-state index contributed by atoms with van der Waals surface area (Å²) in [7, 11) is 1.70. The molecule has 0 aliphatic rings. The molecule has 0 aliphatic heterocycles. The average molecular weight is 266 g/mol. The Labute approximate surface area is 121 Å². The lowest BCUT2D eigenvalue weighted by molar-refractivity contribution is 0.415. The van der Waals surface area contributed by atoms with E-state index in [-0.39, 0.29) is 0 Å². The Hall–Kier alpha value is -2.02. The molecule has 0 aromatic heterocycles. The molecule has 0 aliphatic carbocycles. The van der Waals surface area contributed by atoms with Crippen molar-refractivity contribution in [3.63, 3.8) is 0 Å². The van der Waals surface area contributed by atoms with Gasteiger partial charge in [-0.2, -0.15) is 0 Å². The zero-order chi connectivity index (χ0) is 14.4. The molecule has 0 heterocycles. The maximum Gasteiger partial charge on any atom is 0.118 e. The van der Waals surface area contributed by atoms with Gasteiger partial charge in [0.2, 0.25) is 0 Å². The first-order valence-corrected chi connectivity index (χ1v) is 7.16. The molecule has 0 spiro atoms. The normalized spacial score (nSPS) is 11.9. The molecule has 104 valence electrons. The third-order valence-corrected chi connectivity index (χ3v) is 3.49. The molecule has 0 bridgehead atoms. The minimum absolute atomic E-state index is 0.898. The molecule has 0 unspecified atom stereocenters. The van der Waals surface area contributed by atoms with E-state index in [2.05, 4.69) is 56.3 Å². The number of hydrogen-bond acceptors (Lipinski definition) is 1. The highest BCUT2D eigenvalue weighted by atomic mass is 16.5. The number of allylic oxidation sites excluding steroid dienone is 1. The van der Waals surface area contributed by atoms with E-state index in [4.69, 9.17) is 4.74 Å². The van der Waals surface area contributed by atoms with Crippen molar-refractivity contribution in [2.75, 3.05) is 7.11 Å². The molecule has 2 rings (SSSR count).